The average Bonchev–Trinajstić information content (AvgIpc) is 3.06. The van der Waals surface area contributed by atoms with E-state index in [-0.39, 0.29) is 4.99 Å². The Kier molecular flexibility index (Phi) is 4.49. The van der Waals surface area contributed by atoms with E-state index >= 15 is 0 Å². The molecular formula is C12H15N5O4S2. The number of nitrogens with two attached hydrogens (primary N) is 1. The topological polar surface area (TPSA) is 140 Å². The Morgan fingerprint density at radius 1 is 1.43 bits per heavy atom. The van der Waals surface area contributed by atoms with E-state index in [1.165, 1.54) is 22.8 Å². The van der Waals surface area contributed by atoms with Gasteiger partial charge in [-0.2, -0.15) is 5.10 Å². The van der Waals surface area contributed by atoms with Crippen LogP contribution < -0.4 is 5.73 Å². The van der Waals surface area contributed by atoms with Crippen LogP contribution in [0.1, 0.15) is 11.9 Å². The monoisotopic (exact) mass is 357 g/mol. The van der Waals surface area contributed by atoms with E-state index in [2.05, 4.69) is 15.1 Å². The summed E-state index contributed by atoms with van der Waals surface area (Å²) in [5.74, 6) is 0. The molecule has 1 aliphatic rings. The Labute approximate surface area is 140 Å². The number of thiocarbonyl (C=S) groups is 1. The van der Waals surface area contributed by atoms with E-state index in [1.807, 2.05) is 6.26 Å². The van der Waals surface area contributed by atoms with Gasteiger partial charge in [-0.15, -0.1) is 11.8 Å². The third-order valence-corrected chi connectivity index (χ3v) is 4.53. The zero-order valence-electron chi connectivity index (χ0n) is 12.0. The summed E-state index contributed by atoms with van der Waals surface area (Å²) in [5, 5.41) is 34.8. The third-order valence-electron chi connectivity index (χ3n) is 3.64. The molecule has 5 N–H and O–H groups in total. The Morgan fingerprint density at radius 2 is 2.17 bits per heavy atom. The van der Waals surface area contributed by atoms with Gasteiger partial charge >= 0.3 is 0 Å². The van der Waals surface area contributed by atoms with Crippen molar-refractivity contribution in [2.75, 3.05) is 12.9 Å². The normalized spacial score (nSPS) is 27.7. The van der Waals surface area contributed by atoms with Crippen LogP contribution in [0.3, 0.4) is 0 Å². The largest absolute Gasteiger partial charge is 0.394 e. The van der Waals surface area contributed by atoms with E-state index in [0.29, 0.717) is 21.8 Å². The van der Waals surface area contributed by atoms with Crippen LogP contribution in [0.15, 0.2) is 11.4 Å². The van der Waals surface area contributed by atoms with Crippen LogP contribution in [0.4, 0.5) is 0 Å². The highest BCUT2D eigenvalue weighted by molar-refractivity contribution is 7.98. The van der Waals surface area contributed by atoms with Crippen molar-refractivity contribution in [3.05, 3.63) is 12.0 Å². The van der Waals surface area contributed by atoms with Gasteiger partial charge in [-0.1, -0.05) is 12.2 Å². The quantitative estimate of drug-likeness (QED) is 0.299. The van der Waals surface area contributed by atoms with Crippen molar-refractivity contribution in [1.82, 2.24) is 19.7 Å². The maximum atomic E-state index is 10.2. The van der Waals surface area contributed by atoms with E-state index < -0.39 is 31.1 Å². The van der Waals surface area contributed by atoms with Crippen LogP contribution in [-0.4, -0.2) is 71.2 Å². The number of hydrogen-bond acceptors (Lipinski definition) is 9. The van der Waals surface area contributed by atoms with Crippen LogP contribution in [0.2, 0.25) is 0 Å². The second-order valence-electron chi connectivity index (χ2n) is 4.97. The third kappa shape index (κ3) is 2.58. The summed E-state index contributed by atoms with van der Waals surface area (Å²) >= 11 is 6.41. The summed E-state index contributed by atoms with van der Waals surface area (Å²) in [4.78, 5) is 8.40. The molecule has 0 radical (unpaired) electrons. The molecule has 124 valence electrons. The van der Waals surface area contributed by atoms with Crippen molar-refractivity contribution in [3.8, 4) is 0 Å². The van der Waals surface area contributed by atoms with Crippen LogP contribution in [-0.2, 0) is 4.74 Å². The fourth-order valence-electron chi connectivity index (χ4n) is 2.53. The lowest BCUT2D eigenvalue weighted by Gasteiger charge is -2.15. The first-order valence-corrected chi connectivity index (χ1v) is 8.32. The molecule has 3 heterocycles. The first kappa shape index (κ1) is 16.5. The number of fused-ring (bicyclic) bond motifs is 1. The number of aliphatic hydroxyl groups excluding tert-OH is 3. The molecular weight excluding hydrogens is 342 g/mol. The molecule has 1 fully saturated rings. The molecule has 0 aliphatic carbocycles. The molecule has 23 heavy (non-hydrogen) atoms. The fraction of sp³-hybridized carbons (Fsp3) is 0.500. The summed E-state index contributed by atoms with van der Waals surface area (Å²) in [6.07, 6.45) is -1.24. The van der Waals surface area contributed by atoms with Gasteiger partial charge in [0.15, 0.2) is 11.9 Å². The van der Waals surface area contributed by atoms with Crippen molar-refractivity contribution < 1.29 is 20.1 Å². The number of aliphatic hydroxyl groups is 3. The maximum Gasteiger partial charge on any atom is 0.181 e. The molecule has 11 heteroatoms. The fourth-order valence-corrected chi connectivity index (χ4v) is 3.22. The predicted molar refractivity (Wildman–Crippen MR) is 86.0 cm³/mol. The van der Waals surface area contributed by atoms with Crippen LogP contribution in [0.25, 0.3) is 11.0 Å². The summed E-state index contributed by atoms with van der Waals surface area (Å²) in [6.45, 7) is -0.429. The maximum absolute atomic E-state index is 10.2. The number of hydrogen-bond donors (Lipinski definition) is 4. The molecule has 0 unspecified atom stereocenters. The molecule has 0 spiro atoms. The molecule has 4 atom stereocenters. The molecule has 3 rings (SSSR count). The molecule has 0 amide bonds. The van der Waals surface area contributed by atoms with Gasteiger partial charge in [0.1, 0.15) is 40.3 Å². The van der Waals surface area contributed by atoms with Gasteiger partial charge in [0, 0.05) is 0 Å². The number of rotatable bonds is 4. The summed E-state index contributed by atoms with van der Waals surface area (Å²) < 4.78 is 6.81. The van der Waals surface area contributed by atoms with E-state index in [9.17, 15) is 15.3 Å². The molecule has 2 aromatic rings. The number of aromatic nitrogens is 4. The molecule has 2 aromatic heterocycles. The van der Waals surface area contributed by atoms with Crippen molar-refractivity contribution in [2.24, 2.45) is 5.73 Å². The first-order valence-electron chi connectivity index (χ1n) is 6.69. The molecule has 1 saturated heterocycles. The van der Waals surface area contributed by atoms with Gasteiger partial charge in [-0.25, -0.2) is 14.6 Å². The lowest BCUT2D eigenvalue weighted by atomic mass is 10.1. The lowest BCUT2D eigenvalue weighted by molar-refractivity contribution is -0.0566. The van der Waals surface area contributed by atoms with E-state index in [0.717, 1.165) is 0 Å². The molecule has 0 bridgehead atoms. The Balaban J connectivity index is 2.18. The number of ether oxygens (including phenoxy) is 1. The standard InChI is InChI=1S/C12H15N5O4S2/c1-23-11-5-6(9(13)22)16-17(10(5)14-3-15-11)12-8(20)7(19)4(2-18)21-12/h3-4,7-8,12,18-20H,2H2,1H3,(H2,13,22)/t4-,7-,8-,12-/m1/s1. The minimum Gasteiger partial charge on any atom is -0.394 e. The summed E-state index contributed by atoms with van der Waals surface area (Å²) in [7, 11) is 0. The van der Waals surface area contributed by atoms with Crippen LogP contribution in [0.5, 0.6) is 0 Å². The Bertz CT molecular complexity index is 754. The predicted octanol–water partition coefficient (Wildman–Crippen LogP) is -1.21. The Hall–Kier alpha value is -1.37. The molecule has 1 aliphatic heterocycles. The van der Waals surface area contributed by atoms with Gasteiger partial charge in [0.2, 0.25) is 0 Å². The van der Waals surface area contributed by atoms with E-state index in [4.69, 9.17) is 22.7 Å². The van der Waals surface area contributed by atoms with Gasteiger partial charge in [-0.3, -0.25) is 0 Å². The second-order valence-corrected chi connectivity index (χ2v) is 6.20. The number of nitrogens with zero attached hydrogens (tertiary/aromatic N) is 4. The zero-order chi connectivity index (χ0) is 16.7. The highest BCUT2D eigenvalue weighted by Gasteiger charge is 2.44. The molecule has 9 nitrogen and oxygen atoms in total. The van der Waals surface area contributed by atoms with Gasteiger partial charge in [0.25, 0.3) is 0 Å². The van der Waals surface area contributed by atoms with Gasteiger partial charge in [0.05, 0.1) is 12.0 Å². The van der Waals surface area contributed by atoms with Crippen LogP contribution >= 0.6 is 24.0 Å². The lowest BCUT2D eigenvalue weighted by Crippen LogP contribution is -2.33. The van der Waals surface area contributed by atoms with Crippen molar-refractivity contribution in [1.29, 1.82) is 0 Å². The minimum absolute atomic E-state index is 0.0607. The minimum atomic E-state index is -1.28. The highest BCUT2D eigenvalue weighted by Crippen LogP contribution is 2.33. The second kappa shape index (κ2) is 6.26. The number of thioether (sulfide) groups is 1. The van der Waals surface area contributed by atoms with Gasteiger partial charge < -0.3 is 25.8 Å². The SMILES string of the molecule is CSc1ncnc2c1c(C(N)=S)nn2[C@@H]1O[C@H](CO)[C@@H](O)[C@H]1O. The first-order chi connectivity index (χ1) is 11.0. The van der Waals surface area contributed by atoms with Gasteiger partial charge in [-0.05, 0) is 6.26 Å². The summed E-state index contributed by atoms with van der Waals surface area (Å²) in [6, 6.07) is 0. The smallest absolute Gasteiger partial charge is 0.181 e. The highest BCUT2D eigenvalue weighted by atomic mass is 32.2. The van der Waals surface area contributed by atoms with E-state index in [1.54, 1.807) is 0 Å². The average molecular weight is 357 g/mol. The van der Waals surface area contributed by atoms with Crippen molar-refractivity contribution in [3.63, 3.8) is 0 Å². The molecule has 0 aromatic carbocycles. The molecule has 0 saturated carbocycles. The van der Waals surface area contributed by atoms with Crippen molar-refractivity contribution in [2.45, 2.75) is 29.6 Å². The summed E-state index contributed by atoms with van der Waals surface area (Å²) in [5.41, 5.74) is 6.42. The Morgan fingerprint density at radius 3 is 2.74 bits per heavy atom. The zero-order valence-corrected chi connectivity index (χ0v) is 13.7. The van der Waals surface area contributed by atoms with Crippen molar-refractivity contribution >= 4 is 40.0 Å². The van der Waals surface area contributed by atoms with Crippen LogP contribution in [0, 0.1) is 0 Å².